The summed E-state index contributed by atoms with van der Waals surface area (Å²) in [5.74, 6) is -0.135. The van der Waals surface area contributed by atoms with Gasteiger partial charge in [-0.05, 0) is 42.0 Å². The van der Waals surface area contributed by atoms with E-state index in [-0.39, 0.29) is 5.82 Å². The number of halogens is 1. The van der Waals surface area contributed by atoms with Gasteiger partial charge in [0.15, 0.2) is 0 Å². The standard InChI is InChI=1S/C17H18FN/c18-17-7-2-1-4-16(17)12-19-11-13-8-9-14-5-3-6-15(14)10-13/h1-2,4,7-10,19H,3,5-6,11-12H2. The maximum atomic E-state index is 13.5. The summed E-state index contributed by atoms with van der Waals surface area (Å²) in [5.41, 5.74) is 5.00. The Morgan fingerprint density at radius 3 is 2.68 bits per heavy atom. The molecular weight excluding hydrogens is 237 g/mol. The van der Waals surface area contributed by atoms with Crippen molar-refractivity contribution in [1.82, 2.24) is 5.32 Å². The first-order valence-corrected chi connectivity index (χ1v) is 6.88. The van der Waals surface area contributed by atoms with E-state index in [9.17, 15) is 4.39 Å². The summed E-state index contributed by atoms with van der Waals surface area (Å²) in [5, 5.41) is 3.31. The number of rotatable bonds is 4. The Kier molecular flexibility index (Phi) is 3.60. The zero-order chi connectivity index (χ0) is 13.1. The average molecular weight is 255 g/mol. The molecule has 1 aliphatic carbocycles. The second-order valence-corrected chi connectivity index (χ2v) is 5.15. The van der Waals surface area contributed by atoms with Gasteiger partial charge in [0.1, 0.15) is 5.82 Å². The molecule has 0 unspecified atom stereocenters. The molecule has 1 N–H and O–H groups in total. The summed E-state index contributed by atoms with van der Waals surface area (Å²) in [6.45, 7) is 1.37. The third-order valence-corrected chi connectivity index (χ3v) is 3.77. The van der Waals surface area contributed by atoms with Gasteiger partial charge < -0.3 is 5.32 Å². The van der Waals surface area contributed by atoms with Crippen molar-refractivity contribution in [2.24, 2.45) is 0 Å². The van der Waals surface area contributed by atoms with Gasteiger partial charge in [-0.25, -0.2) is 4.39 Å². The number of hydrogen-bond acceptors (Lipinski definition) is 1. The Balaban J connectivity index is 1.59. The molecule has 0 aromatic heterocycles. The largest absolute Gasteiger partial charge is 0.309 e. The molecule has 2 aromatic carbocycles. The van der Waals surface area contributed by atoms with Crippen LogP contribution in [0.25, 0.3) is 0 Å². The van der Waals surface area contributed by atoms with Crippen LogP contribution in [0.1, 0.15) is 28.7 Å². The van der Waals surface area contributed by atoms with Gasteiger partial charge in [0.05, 0.1) is 0 Å². The topological polar surface area (TPSA) is 12.0 Å². The van der Waals surface area contributed by atoms with E-state index in [1.165, 1.54) is 42.0 Å². The molecule has 19 heavy (non-hydrogen) atoms. The van der Waals surface area contributed by atoms with E-state index in [4.69, 9.17) is 0 Å². The van der Waals surface area contributed by atoms with E-state index >= 15 is 0 Å². The predicted molar refractivity (Wildman–Crippen MR) is 75.4 cm³/mol. The molecular formula is C17H18FN. The van der Waals surface area contributed by atoms with Crippen LogP contribution in [-0.2, 0) is 25.9 Å². The maximum absolute atomic E-state index is 13.5. The van der Waals surface area contributed by atoms with Crippen LogP contribution >= 0.6 is 0 Å². The zero-order valence-corrected chi connectivity index (χ0v) is 11.0. The van der Waals surface area contributed by atoms with E-state index in [2.05, 4.69) is 23.5 Å². The van der Waals surface area contributed by atoms with Crippen LogP contribution in [0.4, 0.5) is 4.39 Å². The molecule has 2 aromatic rings. The summed E-state index contributed by atoms with van der Waals surface area (Å²) < 4.78 is 13.5. The highest BCUT2D eigenvalue weighted by molar-refractivity contribution is 5.35. The van der Waals surface area contributed by atoms with Crippen molar-refractivity contribution in [2.45, 2.75) is 32.4 Å². The highest BCUT2D eigenvalue weighted by Gasteiger charge is 2.10. The Morgan fingerprint density at radius 2 is 1.79 bits per heavy atom. The van der Waals surface area contributed by atoms with Gasteiger partial charge in [-0.1, -0.05) is 36.4 Å². The molecule has 98 valence electrons. The van der Waals surface area contributed by atoms with Crippen molar-refractivity contribution in [2.75, 3.05) is 0 Å². The smallest absolute Gasteiger partial charge is 0.127 e. The fraction of sp³-hybridized carbons (Fsp3) is 0.294. The van der Waals surface area contributed by atoms with Crippen LogP contribution in [-0.4, -0.2) is 0 Å². The van der Waals surface area contributed by atoms with Crippen molar-refractivity contribution in [1.29, 1.82) is 0 Å². The Morgan fingerprint density at radius 1 is 0.947 bits per heavy atom. The molecule has 1 nitrogen and oxygen atoms in total. The molecule has 1 aliphatic rings. The third-order valence-electron chi connectivity index (χ3n) is 3.77. The minimum absolute atomic E-state index is 0.135. The molecule has 0 spiro atoms. The second kappa shape index (κ2) is 5.54. The predicted octanol–water partition coefficient (Wildman–Crippen LogP) is 3.60. The monoisotopic (exact) mass is 255 g/mol. The fourth-order valence-electron chi connectivity index (χ4n) is 2.72. The first kappa shape index (κ1) is 12.4. The maximum Gasteiger partial charge on any atom is 0.127 e. The van der Waals surface area contributed by atoms with Gasteiger partial charge in [0.25, 0.3) is 0 Å². The highest BCUT2D eigenvalue weighted by atomic mass is 19.1. The van der Waals surface area contributed by atoms with Crippen LogP contribution in [0.3, 0.4) is 0 Å². The van der Waals surface area contributed by atoms with Gasteiger partial charge in [0.2, 0.25) is 0 Å². The quantitative estimate of drug-likeness (QED) is 0.880. The lowest BCUT2D eigenvalue weighted by Gasteiger charge is -2.08. The zero-order valence-electron chi connectivity index (χ0n) is 11.0. The van der Waals surface area contributed by atoms with Gasteiger partial charge >= 0.3 is 0 Å². The normalized spacial score (nSPS) is 13.5. The van der Waals surface area contributed by atoms with Crippen LogP contribution in [0, 0.1) is 5.82 Å². The molecule has 0 amide bonds. The van der Waals surface area contributed by atoms with Crippen LogP contribution in [0.5, 0.6) is 0 Å². The van der Waals surface area contributed by atoms with Gasteiger partial charge in [-0.15, -0.1) is 0 Å². The molecule has 0 radical (unpaired) electrons. The molecule has 0 fully saturated rings. The third kappa shape index (κ3) is 2.85. The molecule has 3 rings (SSSR count). The van der Waals surface area contributed by atoms with E-state index in [1.807, 2.05) is 12.1 Å². The van der Waals surface area contributed by atoms with Crippen LogP contribution < -0.4 is 5.32 Å². The van der Waals surface area contributed by atoms with Gasteiger partial charge in [0, 0.05) is 18.7 Å². The van der Waals surface area contributed by atoms with Crippen molar-refractivity contribution < 1.29 is 4.39 Å². The van der Waals surface area contributed by atoms with Gasteiger partial charge in [-0.3, -0.25) is 0 Å². The molecule has 0 atom stereocenters. The Hall–Kier alpha value is -1.67. The minimum atomic E-state index is -0.135. The molecule has 0 heterocycles. The highest BCUT2D eigenvalue weighted by Crippen LogP contribution is 2.22. The van der Waals surface area contributed by atoms with Crippen molar-refractivity contribution in [3.63, 3.8) is 0 Å². The van der Waals surface area contributed by atoms with Crippen LogP contribution in [0.15, 0.2) is 42.5 Å². The fourth-order valence-corrected chi connectivity index (χ4v) is 2.72. The average Bonchev–Trinajstić information content (AvgIpc) is 2.88. The lowest BCUT2D eigenvalue weighted by Crippen LogP contribution is -2.13. The summed E-state index contributed by atoms with van der Waals surface area (Å²) >= 11 is 0. The van der Waals surface area contributed by atoms with Crippen LogP contribution in [0.2, 0.25) is 0 Å². The molecule has 0 bridgehead atoms. The Labute approximate surface area is 113 Å². The van der Waals surface area contributed by atoms with E-state index in [1.54, 1.807) is 6.07 Å². The molecule has 2 heteroatoms. The number of hydrogen-bond donors (Lipinski definition) is 1. The number of benzene rings is 2. The van der Waals surface area contributed by atoms with Crippen molar-refractivity contribution >= 4 is 0 Å². The summed E-state index contributed by atoms with van der Waals surface area (Å²) in [6, 6.07) is 13.6. The Bertz CT molecular complexity index is 577. The first-order chi connectivity index (χ1) is 9.33. The minimum Gasteiger partial charge on any atom is -0.309 e. The van der Waals surface area contributed by atoms with Gasteiger partial charge in [-0.2, -0.15) is 0 Å². The van der Waals surface area contributed by atoms with Crippen molar-refractivity contribution in [3.05, 3.63) is 70.5 Å². The van der Waals surface area contributed by atoms with E-state index < -0.39 is 0 Å². The first-order valence-electron chi connectivity index (χ1n) is 6.88. The SMILES string of the molecule is Fc1ccccc1CNCc1ccc2c(c1)CCC2. The number of fused-ring (bicyclic) bond motifs is 1. The summed E-state index contributed by atoms with van der Waals surface area (Å²) in [6.07, 6.45) is 3.70. The lowest BCUT2D eigenvalue weighted by atomic mass is 10.1. The summed E-state index contributed by atoms with van der Waals surface area (Å²) in [4.78, 5) is 0. The van der Waals surface area contributed by atoms with Crippen molar-refractivity contribution in [3.8, 4) is 0 Å². The number of aryl methyl sites for hydroxylation is 2. The lowest BCUT2D eigenvalue weighted by molar-refractivity contribution is 0.588. The number of nitrogens with one attached hydrogen (secondary N) is 1. The summed E-state index contributed by atoms with van der Waals surface area (Å²) in [7, 11) is 0. The molecule has 0 saturated carbocycles. The van der Waals surface area contributed by atoms with E-state index in [0.29, 0.717) is 6.54 Å². The molecule has 0 saturated heterocycles. The molecule has 0 aliphatic heterocycles. The van der Waals surface area contributed by atoms with E-state index in [0.717, 1.165) is 12.1 Å². The second-order valence-electron chi connectivity index (χ2n) is 5.15.